The zero-order valence-corrected chi connectivity index (χ0v) is 15.2. The van der Waals surface area contributed by atoms with Gasteiger partial charge in [-0.15, -0.1) is 34.3 Å². The van der Waals surface area contributed by atoms with Gasteiger partial charge in [-0.25, -0.2) is 0 Å². The van der Waals surface area contributed by atoms with Gasteiger partial charge in [0, 0.05) is 0 Å². The minimum atomic E-state index is -2.26. The summed E-state index contributed by atoms with van der Waals surface area (Å²) in [6, 6.07) is 0. The Labute approximate surface area is 111 Å². The number of halogens is 3. The van der Waals surface area contributed by atoms with Crippen molar-refractivity contribution in [3.8, 4) is 0 Å². The Bertz CT molecular complexity index is 212. The zero-order chi connectivity index (χ0) is 12.3. The van der Waals surface area contributed by atoms with Crippen LogP contribution in [-0.4, -0.2) is 35.3 Å². The van der Waals surface area contributed by atoms with Crippen LogP contribution in [0.1, 0.15) is 0 Å². The lowest BCUT2D eigenvalue weighted by molar-refractivity contribution is 0.554. The van der Waals surface area contributed by atoms with Gasteiger partial charge in [0.25, 0.3) is 16.1 Å². The van der Waals surface area contributed by atoms with Gasteiger partial charge >= 0.3 is 0 Å². The first-order chi connectivity index (χ1) is 6.54. The summed E-state index contributed by atoms with van der Waals surface area (Å²) in [4.78, 5) is 0. The van der Waals surface area contributed by atoms with Crippen LogP contribution in [0.4, 0.5) is 0 Å². The van der Waals surface area contributed by atoms with Crippen LogP contribution in [0.3, 0.4) is 0 Å². The second-order valence-electron chi connectivity index (χ2n) is 5.08. The molecular formula is C7H20Cl3NOSi3. The third kappa shape index (κ3) is 7.38. The molecule has 2 unspecified atom stereocenters. The second kappa shape index (κ2) is 5.86. The van der Waals surface area contributed by atoms with Crippen LogP contribution >= 0.6 is 34.3 Å². The highest BCUT2D eigenvalue weighted by molar-refractivity contribution is 7.21. The monoisotopic (exact) mass is 323 g/mol. The van der Waals surface area contributed by atoms with Crippen LogP contribution in [-0.2, 0) is 4.12 Å². The van der Waals surface area contributed by atoms with Crippen LogP contribution in [0.2, 0.25) is 32.7 Å². The maximum Gasteiger partial charge on any atom is 0.292 e. The molecule has 0 aliphatic carbocycles. The van der Waals surface area contributed by atoms with Crippen LogP contribution in [0.15, 0.2) is 0 Å². The van der Waals surface area contributed by atoms with Crippen molar-refractivity contribution in [1.29, 1.82) is 0 Å². The smallest absolute Gasteiger partial charge is 0.292 e. The Balaban J connectivity index is 4.58. The average Bonchev–Trinajstić information content (AvgIpc) is 2.00. The Morgan fingerprint density at radius 1 is 1.00 bits per heavy atom. The summed E-state index contributed by atoms with van der Waals surface area (Å²) in [6.07, 6.45) is 0. The molecule has 0 radical (unpaired) electrons. The molecule has 0 fully saturated rings. The van der Waals surface area contributed by atoms with Gasteiger partial charge in [-0.2, -0.15) is 0 Å². The first kappa shape index (κ1) is 16.4. The van der Waals surface area contributed by atoms with Crippen molar-refractivity contribution in [2.45, 2.75) is 32.7 Å². The first-order valence-corrected chi connectivity index (χ1v) is 15.7. The van der Waals surface area contributed by atoms with Crippen molar-refractivity contribution in [2.24, 2.45) is 0 Å². The van der Waals surface area contributed by atoms with Crippen molar-refractivity contribution >= 4 is 58.6 Å². The number of rotatable bonds is 6. The van der Waals surface area contributed by atoms with Gasteiger partial charge in [0.15, 0.2) is 0 Å². The van der Waals surface area contributed by atoms with Crippen molar-refractivity contribution in [1.82, 2.24) is 4.65 Å². The molecule has 0 aliphatic heterocycles. The Morgan fingerprint density at radius 2 is 1.47 bits per heavy atom. The standard InChI is InChI=1S/C7H20Cl3NOSi3/c1-13(2,3)11-15(5,7-9)12-14(4,10)6-8/h11H,6-7H2,1-5H3. The zero-order valence-electron chi connectivity index (χ0n) is 9.96. The molecule has 0 spiro atoms. The largest absolute Gasteiger partial charge is 0.432 e. The molecule has 2 atom stereocenters. The van der Waals surface area contributed by atoms with Gasteiger partial charge in [0.05, 0.1) is 11.0 Å². The molecule has 0 bridgehead atoms. The molecule has 0 rings (SSSR count). The number of alkyl halides is 2. The molecule has 0 amide bonds. The highest BCUT2D eigenvalue weighted by atomic mass is 35.6. The first-order valence-electron chi connectivity index (χ1n) is 4.84. The molecule has 0 saturated heterocycles. The molecule has 92 valence electrons. The highest BCUT2D eigenvalue weighted by Crippen LogP contribution is 2.20. The van der Waals surface area contributed by atoms with Crippen molar-refractivity contribution in [2.75, 3.05) is 11.0 Å². The maximum absolute atomic E-state index is 6.25. The molecule has 2 nitrogen and oxygen atoms in total. The van der Waals surface area contributed by atoms with E-state index in [1.807, 2.05) is 6.55 Å². The Morgan fingerprint density at radius 3 is 1.73 bits per heavy atom. The molecular weight excluding hydrogens is 305 g/mol. The minimum Gasteiger partial charge on any atom is -0.432 e. The molecule has 0 aromatic rings. The van der Waals surface area contributed by atoms with E-state index in [-0.39, 0.29) is 0 Å². The van der Waals surface area contributed by atoms with Crippen LogP contribution in [0.5, 0.6) is 0 Å². The fourth-order valence-electron chi connectivity index (χ4n) is 1.38. The fraction of sp³-hybridized carbons (Fsp3) is 1.00. The molecule has 8 heteroatoms. The van der Waals surface area contributed by atoms with Crippen molar-refractivity contribution in [3.63, 3.8) is 0 Å². The molecule has 0 aromatic heterocycles. The van der Waals surface area contributed by atoms with Crippen LogP contribution in [0.25, 0.3) is 0 Å². The predicted molar refractivity (Wildman–Crippen MR) is 78.1 cm³/mol. The van der Waals surface area contributed by atoms with Crippen LogP contribution < -0.4 is 4.65 Å². The van der Waals surface area contributed by atoms with E-state index in [1.165, 1.54) is 0 Å². The van der Waals surface area contributed by atoms with E-state index >= 15 is 0 Å². The fourth-order valence-corrected chi connectivity index (χ4v) is 16.0. The Hall–Kier alpha value is 1.44. The van der Waals surface area contributed by atoms with E-state index in [4.69, 9.17) is 38.4 Å². The third-order valence-corrected chi connectivity index (χ3v) is 15.7. The normalized spacial score (nSPS) is 20.8. The topological polar surface area (TPSA) is 21.3 Å². The maximum atomic E-state index is 6.25. The molecule has 0 aliphatic rings. The summed E-state index contributed by atoms with van der Waals surface area (Å²) in [7, 11) is -5.75. The van der Waals surface area contributed by atoms with Gasteiger partial charge < -0.3 is 8.76 Å². The van der Waals surface area contributed by atoms with Crippen molar-refractivity contribution in [3.05, 3.63) is 0 Å². The quantitative estimate of drug-likeness (QED) is 0.459. The van der Waals surface area contributed by atoms with Gasteiger partial charge in [-0.05, 0) is 13.1 Å². The molecule has 1 N–H and O–H groups in total. The summed E-state index contributed by atoms with van der Waals surface area (Å²) in [6.45, 7) is 10.6. The summed E-state index contributed by atoms with van der Waals surface area (Å²) < 4.78 is 9.59. The van der Waals surface area contributed by atoms with Gasteiger partial charge in [-0.1, -0.05) is 19.6 Å². The van der Waals surface area contributed by atoms with Gasteiger partial charge in [-0.3, -0.25) is 0 Å². The van der Waals surface area contributed by atoms with E-state index in [0.29, 0.717) is 11.0 Å². The molecule has 15 heavy (non-hydrogen) atoms. The highest BCUT2D eigenvalue weighted by Gasteiger charge is 2.40. The van der Waals surface area contributed by atoms with Crippen LogP contribution in [0, 0.1) is 0 Å². The number of nitrogens with one attached hydrogen (secondary N) is 1. The van der Waals surface area contributed by atoms with E-state index in [0.717, 1.165) is 0 Å². The summed E-state index contributed by atoms with van der Waals surface area (Å²) in [5, 5.41) is 0. The van der Waals surface area contributed by atoms with Gasteiger partial charge in [0.1, 0.15) is 8.24 Å². The number of hydrogen-bond donors (Lipinski definition) is 1. The Kier molecular flexibility index (Phi) is 6.42. The third-order valence-electron chi connectivity index (χ3n) is 1.57. The van der Waals surface area contributed by atoms with E-state index in [2.05, 4.69) is 30.8 Å². The summed E-state index contributed by atoms with van der Waals surface area (Å²) >= 11 is 18.0. The summed E-state index contributed by atoms with van der Waals surface area (Å²) in [5.41, 5.74) is 0.894. The van der Waals surface area contributed by atoms with Crippen molar-refractivity contribution < 1.29 is 4.12 Å². The molecule has 0 saturated carbocycles. The van der Waals surface area contributed by atoms with E-state index < -0.39 is 24.3 Å². The molecule has 0 aromatic carbocycles. The van der Waals surface area contributed by atoms with Gasteiger partial charge in [0.2, 0.25) is 0 Å². The van der Waals surface area contributed by atoms with E-state index in [9.17, 15) is 0 Å². The van der Waals surface area contributed by atoms with E-state index in [1.54, 1.807) is 0 Å². The minimum absolute atomic E-state index is 0.390. The lowest BCUT2D eigenvalue weighted by Crippen LogP contribution is -2.65. The average molecular weight is 325 g/mol. The SMILES string of the molecule is C[Si](C)(C)N[Si](C)(CCl)O[Si](C)(Cl)CCl. The summed E-state index contributed by atoms with van der Waals surface area (Å²) in [5.74, 6) is 0. The second-order valence-corrected chi connectivity index (χ2v) is 20.6. The molecule has 0 heterocycles. The predicted octanol–water partition coefficient (Wildman–Crippen LogP) is 3.37. The number of hydrogen-bond acceptors (Lipinski definition) is 2. The lowest BCUT2D eigenvalue weighted by Gasteiger charge is -2.37. The lowest BCUT2D eigenvalue weighted by atomic mass is 11.8.